The van der Waals surface area contributed by atoms with E-state index in [1.165, 1.54) is 29.5 Å². The molecule has 3 aromatic rings. The Morgan fingerprint density at radius 2 is 1.67 bits per heavy atom. The van der Waals surface area contributed by atoms with E-state index in [1.54, 1.807) is 0 Å². The fourth-order valence-electron chi connectivity index (χ4n) is 4.32. The second-order valence-electron chi connectivity index (χ2n) is 7.61. The molecule has 2 aromatic carbocycles. The lowest BCUT2D eigenvalue weighted by Gasteiger charge is -2.29. The minimum absolute atomic E-state index is 0.146. The van der Waals surface area contributed by atoms with Crippen LogP contribution in [0.1, 0.15) is 48.2 Å². The van der Waals surface area contributed by atoms with Crippen LogP contribution in [0.5, 0.6) is 0 Å². The molecular formula is C22H27N5. The van der Waals surface area contributed by atoms with E-state index in [0.29, 0.717) is 0 Å². The van der Waals surface area contributed by atoms with Gasteiger partial charge in [0.2, 0.25) is 0 Å². The summed E-state index contributed by atoms with van der Waals surface area (Å²) >= 11 is 0. The fraction of sp³-hybridized carbons (Fsp3) is 0.409. The molecule has 140 valence electrons. The molecule has 0 amide bonds. The molecule has 1 aliphatic carbocycles. The number of rotatable bonds is 6. The molecule has 1 aliphatic rings. The molecule has 5 heteroatoms. The van der Waals surface area contributed by atoms with Gasteiger partial charge in [0.05, 0.1) is 11.2 Å². The number of aryl methyl sites for hydroxylation is 2. The van der Waals surface area contributed by atoms with Crippen molar-refractivity contribution in [2.45, 2.75) is 51.5 Å². The maximum absolute atomic E-state index is 4.49. The predicted molar refractivity (Wildman–Crippen MR) is 107 cm³/mol. The van der Waals surface area contributed by atoms with Crippen LogP contribution in [-0.2, 0) is 12.0 Å². The zero-order valence-corrected chi connectivity index (χ0v) is 16.2. The standard InChI is InChI=1S/C22H27N5/c1-17-9-8-10-18(2)20(17)27-21(24-25-26-27)22(14-6-7-15-22)23-16-13-19-11-4-3-5-12-19/h3-5,8-12,23H,6-7,13-16H2,1-2H3. The number of nitrogens with one attached hydrogen (secondary N) is 1. The maximum Gasteiger partial charge on any atom is 0.176 e. The Balaban J connectivity index is 1.63. The third-order valence-electron chi connectivity index (χ3n) is 5.73. The molecule has 1 aromatic heterocycles. The summed E-state index contributed by atoms with van der Waals surface area (Å²) in [7, 11) is 0. The third-order valence-corrected chi connectivity index (χ3v) is 5.73. The van der Waals surface area contributed by atoms with Crippen LogP contribution in [0.15, 0.2) is 48.5 Å². The van der Waals surface area contributed by atoms with Crippen LogP contribution in [0.4, 0.5) is 0 Å². The van der Waals surface area contributed by atoms with Crippen molar-refractivity contribution in [1.29, 1.82) is 0 Å². The average molecular weight is 361 g/mol. The Morgan fingerprint density at radius 1 is 0.963 bits per heavy atom. The van der Waals surface area contributed by atoms with Crippen LogP contribution in [0.3, 0.4) is 0 Å². The molecule has 4 rings (SSSR count). The summed E-state index contributed by atoms with van der Waals surface area (Å²) in [4.78, 5) is 0. The summed E-state index contributed by atoms with van der Waals surface area (Å²) in [6.07, 6.45) is 5.57. The fourth-order valence-corrected chi connectivity index (χ4v) is 4.32. The monoisotopic (exact) mass is 361 g/mol. The van der Waals surface area contributed by atoms with Gasteiger partial charge in [-0.1, -0.05) is 61.4 Å². The first-order valence-electron chi connectivity index (χ1n) is 9.84. The number of hydrogen-bond acceptors (Lipinski definition) is 4. The molecule has 27 heavy (non-hydrogen) atoms. The summed E-state index contributed by atoms with van der Waals surface area (Å²) in [6, 6.07) is 17.0. The van der Waals surface area contributed by atoms with Gasteiger partial charge < -0.3 is 5.32 Å². The second kappa shape index (κ2) is 7.61. The van der Waals surface area contributed by atoms with Crippen LogP contribution in [0.25, 0.3) is 5.69 Å². The van der Waals surface area contributed by atoms with E-state index in [0.717, 1.165) is 37.3 Å². The Bertz CT molecular complexity index is 874. The van der Waals surface area contributed by atoms with Gasteiger partial charge in [-0.3, -0.25) is 0 Å². The van der Waals surface area contributed by atoms with Crippen molar-refractivity contribution in [2.24, 2.45) is 0 Å². The minimum Gasteiger partial charge on any atom is -0.304 e. The molecule has 0 bridgehead atoms. The van der Waals surface area contributed by atoms with Gasteiger partial charge >= 0.3 is 0 Å². The van der Waals surface area contributed by atoms with Crippen molar-refractivity contribution in [2.75, 3.05) is 6.54 Å². The normalized spacial score (nSPS) is 15.9. The lowest BCUT2D eigenvalue weighted by Crippen LogP contribution is -2.43. The van der Waals surface area contributed by atoms with E-state index >= 15 is 0 Å². The number of hydrogen-bond donors (Lipinski definition) is 1. The van der Waals surface area contributed by atoms with Gasteiger partial charge in [0.1, 0.15) is 0 Å². The maximum atomic E-state index is 4.49. The molecule has 0 spiro atoms. The van der Waals surface area contributed by atoms with Gasteiger partial charge in [0, 0.05) is 6.54 Å². The molecule has 1 heterocycles. The molecule has 1 N–H and O–H groups in total. The van der Waals surface area contributed by atoms with Gasteiger partial charge in [0.15, 0.2) is 5.82 Å². The Labute approximate surface area is 160 Å². The van der Waals surface area contributed by atoms with Crippen LogP contribution < -0.4 is 5.32 Å². The van der Waals surface area contributed by atoms with Gasteiger partial charge in [-0.25, -0.2) is 0 Å². The molecule has 1 saturated carbocycles. The smallest absolute Gasteiger partial charge is 0.176 e. The van der Waals surface area contributed by atoms with E-state index in [9.17, 15) is 0 Å². The Kier molecular flexibility index (Phi) is 5.03. The largest absolute Gasteiger partial charge is 0.304 e. The SMILES string of the molecule is Cc1cccc(C)c1-n1nnnc1C1(NCCc2ccccc2)CCCC1. The second-order valence-corrected chi connectivity index (χ2v) is 7.61. The van der Waals surface area contributed by atoms with E-state index in [-0.39, 0.29) is 5.54 Å². The number of tetrazole rings is 1. The molecule has 1 fully saturated rings. The summed E-state index contributed by atoms with van der Waals surface area (Å²) in [5.41, 5.74) is 4.70. The molecule has 0 saturated heterocycles. The molecule has 0 unspecified atom stereocenters. The zero-order chi connectivity index (χ0) is 18.7. The van der Waals surface area contributed by atoms with Gasteiger partial charge in [0.25, 0.3) is 0 Å². The molecule has 5 nitrogen and oxygen atoms in total. The number of para-hydroxylation sites is 1. The van der Waals surface area contributed by atoms with Gasteiger partial charge in [-0.2, -0.15) is 4.68 Å². The van der Waals surface area contributed by atoms with Crippen LogP contribution in [-0.4, -0.2) is 26.8 Å². The first-order valence-corrected chi connectivity index (χ1v) is 9.84. The number of benzene rings is 2. The highest BCUT2D eigenvalue weighted by Crippen LogP contribution is 2.38. The summed E-state index contributed by atoms with van der Waals surface area (Å²) in [5, 5.41) is 16.8. The van der Waals surface area contributed by atoms with Crippen molar-refractivity contribution < 1.29 is 0 Å². The molecular weight excluding hydrogens is 334 g/mol. The first-order chi connectivity index (χ1) is 13.2. The number of aromatic nitrogens is 4. The van der Waals surface area contributed by atoms with Crippen molar-refractivity contribution in [3.63, 3.8) is 0 Å². The lowest BCUT2D eigenvalue weighted by atomic mass is 9.95. The minimum atomic E-state index is -0.146. The van der Waals surface area contributed by atoms with Gasteiger partial charge in [-0.15, -0.1) is 5.10 Å². The van der Waals surface area contributed by atoms with E-state index in [2.05, 4.69) is 83.2 Å². The average Bonchev–Trinajstić information content (AvgIpc) is 3.33. The van der Waals surface area contributed by atoms with Crippen LogP contribution in [0, 0.1) is 13.8 Å². The summed E-state index contributed by atoms with van der Waals surface area (Å²) < 4.78 is 1.96. The quantitative estimate of drug-likeness (QED) is 0.724. The zero-order valence-electron chi connectivity index (χ0n) is 16.2. The van der Waals surface area contributed by atoms with E-state index in [1.807, 2.05) is 4.68 Å². The van der Waals surface area contributed by atoms with Crippen LogP contribution >= 0.6 is 0 Å². The highest BCUT2D eigenvalue weighted by atomic mass is 15.6. The lowest BCUT2D eigenvalue weighted by molar-refractivity contribution is 0.317. The summed E-state index contributed by atoms with van der Waals surface area (Å²) in [6.45, 7) is 5.17. The number of nitrogens with zero attached hydrogens (tertiary/aromatic N) is 4. The van der Waals surface area contributed by atoms with Crippen molar-refractivity contribution >= 4 is 0 Å². The highest BCUT2D eigenvalue weighted by Gasteiger charge is 2.40. The van der Waals surface area contributed by atoms with Gasteiger partial charge in [-0.05, 0) is 60.2 Å². The Morgan fingerprint density at radius 3 is 2.37 bits per heavy atom. The van der Waals surface area contributed by atoms with Crippen molar-refractivity contribution in [1.82, 2.24) is 25.5 Å². The third kappa shape index (κ3) is 3.52. The van der Waals surface area contributed by atoms with E-state index in [4.69, 9.17) is 0 Å². The summed E-state index contributed by atoms with van der Waals surface area (Å²) in [5.74, 6) is 0.950. The van der Waals surface area contributed by atoms with Crippen LogP contribution in [0.2, 0.25) is 0 Å². The molecule has 0 radical (unpaired) electrons. The van der Waals surface area contributed by atoms with E-state index < -0.39 is 0 Å². The van der Waals surface area contributed by atoms with Crippen molar-refractivity contribution in [3.8, 4) is 5.69 Å². The van der Waals surface area contributed by atoms with Crippen molar-refractivity contribution in [3.05, 3.63) is 71.0 Å². The predicted octanol–water partition coefficient (Wildman–Crippen LogP) is 3.88. The molecule has 0 aliphatic heterocycles. The topological polar surface area (TPSA) is 55.6 Å². The first kappa shape index (κ1) is 17.9. The highest BCUT2D eigenvalue weighted by molar-refractivity contribution is 5.47. The Hall–Kier alpha value is -2.53. The molecule has 0 atom stereocenters.